The number of benzene rings is 10. The second-order valence-electron chi connectivity index (χ2n) is 15.9. The molecule has 4 nitrogen and oxygen atoms in total. The molecule has 0 atom stereocenters. The van der Waals surface area contributed by atoms with E-state index in [0.29, 0.717) is 5.89 Å². The third-order valence-electron chi connectivity index (χ3n) is 12.1. The quantitative estimate of drug-likeness (QED) is 0.153. The van der Waals surface area contributed by atoms with E-state index in [-0.39, 0.29) is 0 Å². The van der Waals surface area contributed by atoms with Gasteiger partial charge in [-0.25, -0.2) is 4.98 Å². The zero-order valence-corrected chi connectivity index (χ0v) is 34.2. The van der Waals surface area contributed by atoms with Crippen LogP contribution in [0.2, 0.25) is 0 Å². The highest BCUT2D eigenvalue weighted by molar-refractivity contribution is 6.21. The van der Waals surface area contributed by atoms with E-state index < -0.39 is 0 Å². The first kappa shape index (κ1) is 36.4. The SMILES string of the molecule is c1ccc(-c2ccc(N(c3ccc(-c4ccccc4)cc3)c3ccc(-c4c5ccccc5cc5oc6cc(-c7cccc8nc(-c9ccccc9)oc78)ccc6c45)cc3)cc2)cc1. The minimum Gasteiger partial charge on any atom is -0.456 e. The van der Waals surface area contributed by atoms with Crippen molar-refractivity contribution in [1.82, 2.24) is 4.98 Å². The van der Waals surface area contributed by atoms with E-state index in [1.165, 1.54) is 27.6 Å². The number of rotatable bonds is 8. The van der Waals surface area contributed by atoms with Crippen molar-refractivity contribution in [2.24, 2.45) is 0 Å². The number of hydrogen-bond acceptors (Lipinski definition) is 4. The number of oxazole rings is 1. The van der Waals surface area contributed by atoms with Crippen LogP contribution in [0.15, 0.2) is 239 Å². The van der Waals surface area contributed by atoms with Crippen molar-refractivity contribution in [2.75, 3.05) is 4.90 Å². The summed E-state index contributed by atoms with van der Waals surface area (Å²) in [6.45, 7) is 0. The molecule has 0 fully saturated rings. The van der Waals surface area contributed by atoms with Gasteiger partial charge in [-0.15, -0.1) is 0 Å². The van der Waals surface area contributed by atoms with Gasteiger partial charge in [0.2, 0.25) is 5.89 Å². The molecule has 0 bridgehead atoms. The molecule has 0 aliphatic rings. The van der Waals surface area contributed by atoms with Crippen LogP contribution in [-0.2, 0) is 0 Å². The van der Waals surface area contributed by atoms with Gasteiger partial charge in [0.25, 0.3) is 0 Å². The maximum Gasteiger partial charge on any atom is 0.227 e. The highest BCUT2D eigenvalue weighted by Crippen LogP contribution is 2.45. The van der Waals surface area contributed by atoms with Gasteiger partial charge in [-0.3, -0.25) is 0 Å². The van der Waals surface area contributed by atoms with Crippen molar-refractivity contribution < 1.29 is 8.83 Å². The molecule has 0 aliphatic heterocycles. The second-order valence-corrected chi connectivity index (χ2v) is 15.9. The lowest BCUT2D eigenvalue weighted by atomic mass is 9.92. The molecule has 10 aromatic carbocycles. The minimum absolute atomic E-state index is 0.607. The fraction of sp³-hybridized carbons (Fsp3) is 0. The highest BCUT2D eigenvalue weighted by atomic mass is 16.3. The van der Waals surface area contributed by atoms with E-state index >= 15 is 0 Å². The Hall–Kier alpha value is -8.47. The molecule has 4 heteroatoms. The van der Waals surface area contributed by atoms with Gasteiger partial charge in [0.1, 0.15) is 16.7 Å². The number of hydrogen-bond donors (Lipinski definition) is 0. The average Bonchev–Trinajstić information content (AvgIpc) is 3.97. The summed E-state index contributed by atoms with van der Waals surface area (Å²) in [5, 5.41) is 4.46. The van der Waals surface area contributed by atoms with Crippen molar-refractivity contribution in [3.05, 3.63) is 231 Å². The smallest absolute Gasteiger partial charge is 0.227 e. The van der Waals surface area contributed by atoms with Gasteiger partial charge in [0.05, 0.1) is 0 Å². The van der Waals surface area contributed by atoms with Crippen molar-refractivity contribution in [3.63, 3.8) is 0 Å². The molecule has 0 saturated carbocycles. The van der Waals surface area contributed by atoms with Gasteiger partial charge >= 0.3 is 0 Å². The third-order valence-corrected chi connectivity index (χ3v) is 12.1. The van der Waals surface area contributed by atoms with Crippen LogP contribution in [0.5, 0.6) is 0 Å². The van der Waals surface area contributed by atoms with Crippen LogP contribution in [0.4, 0.5) is 17.1 Å². The summed E-state index contributed by atoms with van der Waals surface area (Å²) in [6.07, 6.45) is 0. The van der Waals surface area contributed by atoms with Crippen molar-refractivity contribution in [1.29, 1.82) is 0 Å². The first-order valence-corrected chi connectivity index (χ1v) is 21.3. The van der Waals surface area contributed by atoms with Crippen LogP contribution in [0.1, 0.15) is 0 Å². The van der Waals surface area contributed by atoms with E-state index in [0.717, 1.165) is 83.3 Å². The summed E-state index contributed by atoms with van der Waals surface area (Å²) >= 11 is 0. The average molecular weight is 807 g/mol. The van der Waals surface area contributed by atoms with Crippen LogP contribution >= 0.6 is 0 Å². The zero-order chi connectivity index (χ0) is 41.7. The zero-order valence-electron chi connectivity index (χ0n) is 34.2. The maximum atomic E-state index is 6.78. The van der Waals surface area contributed by atoms with E-state index in [2.05, 4.69) is 193 Å². The van der Waals surface area contributed by atoms with Crippen molar-refractivity contribution in [2.45, 2.75) is 0 Å². The molecule has 0 saturated heterocycles. The first-order chi connectivity index (χ1) is 31.2. The fourth-order valence-corrected chi connectivity index (χ4v) is 9.04. The molecule has 2 heterocycles. The normalized spacial score (nSPS) is 11.5. The molecule has 0 unspecified atom stereocenters. The standard InChI is InChI=1S/C59H38N2O2/c1-4-13-39(14-5-1)41-23-30-47(31-24-41)61(48-32-25-42(26-33-48)40-15-6-2-7-16-40)49-34-27-43(28-35-49)56-50-20-11-10-19-45(50)38-55-57(56)52-36-29-46(37-54(52)62-55)51-21-12-22-53-58(51)63-59(60-53)44-17-8-3-9-18-44/h1-38H. The minimum atomic E-state index is 0.607. The fourth-order valence-electron chi connectivity index (χ4n) is 9.04. The molecule has 0 spiro atoms. The molecule has 12 rings (SSSR count). The summed E-state index contributed by atoms with van der Waals surface area (Å²) in [5.74, 6) is 0.607. The van der Waals surface area contributed by atoms with Crippen LogP contribution in [-0.4, -0.2) is 4.98 Å². The second kappa shape index (κ2) is 15.2. The highest BCUT2D eigenvalue weighted by Gasteiger charge is 2.20. The molecule has 0 aliphatic carbocycles. The summed E-state index contributed by atoms with van der Waals surface area (Å²) in [5.41, 5.74) is 16.4. The van der Waals surface area contributed by atoms with Crippen LogP contribution in [0.3, 0.4) is 0 Å². The molecular formula is C59H38N2O2. The van der Waals surface area contributed by atoms with Crippen LogP contribution in [0, 0.1) is 0 Å². The van der Waals surface area contributed by atoms with Crippen LogP contribution in [0.25, 0.3) is 99.8 Å². The molecule has 0 radical (unpaired) electrons. The van der Waals surface area contributed by atoms with E-state index in [9.17, 15) is 0 Å². The Kier molecular flexibility index (Phi) is 8.79. The van der Waals surface area contributed by atoms with E-state index in [1.54, 1.807) is 0 Å². The Morgan fingerprint density at radius 2 is 0.873 bits per heavy atom. The molecule has 296 valence electrons. The lowest BCUT2D eigenvalue weighted by Gasteiger charge is -2.26. The van der Waals surface area contributed by atoms with E-state index in [1.807, 2.05) is 42.5 Å². The Morgan fingerprint density at radius 3 is 1.49 bits per heavy atom. The Morgan fingerprint density at radius 1 is 0.349 bits per heavy atom. The van der Waals surface area contributed by atoms with E-state index in [4.69, 9.17) is 13.8 Å². The summed E-state index contributed by atoms with van der Waals surface area (Å²) < 4.78 is 13.2. The van der Waals surface area contributed by atoms with Gasteiger partial charge < -0.3 is 13.7 Å². The number of aromatic nitrogens is 1. The Labute approximate surface area is 364 Å². The van der Waals surface area contributed by atoms with Crippen LogP contribution < -0.4 is 4.90 Å². The summed E-state index contributed by atoms with van der Waals surface area (Å²) in [6, 6.07) is 81.2. The number of nitrogens with zero attached hydrogens (tertiary/aromatic N) is 2. The molecule has 0 amide bonds. The largest absolute Gasteiger partial charge is 0.456 e. The summed E-state index contributed by atoms with van der Waals surface area (Å²) in [7, 11) is 0. The molecule has 2 aromatic heterocycles. The predicted molar refractivity (Wildman–Crippen MR) is 261 cm³/mol. The van der Waals surface area contributed by atoms with Crippen molar-refractivity contribution >= 4 is 60.9 Å². The maximum absolute atomic E-state index is 6.78. The number of anilines is 3. The van der Waals surface area contributed by atoms with Gasteiger partial charge in [0.15, 0.2) is 5.58 Å². The van der Waals surface area contributed by atoms with Gasteiger partial charge in [-0.1, -0.05) is 158 Å². The number of para-hydroxylation sites is 1. The Balaban J connectivity index is 0.962. The lowest BCUT2D eigenvalue weighted by molar-refractivity contribution is 0.621. The number of furan rings is 1. The molecule has 0 N–H and O–H groups in total. The third kappa shape index (κ3) is 6.53. The van der Waals surface area contributed by atoms with Gasteiger partial charge in [-0.05, 0) is 117 Å². The molecular weight excluding hydrogens is 769 g/mol. The Bertz CT molecular complexity index is 3490. The number of fused-ring (bicyclic) bond motifs is 5. The first-order valence-electron chi connectivity index (χ1n) is 21.3. The molecule has 12 aromatic rings. The lowest BCUT2D eigenvalue weighted by Crippen LogP contribution is -2.09. The van der Waals surface area contributed by atoms with Gasteiger partial charge in [-0.2, -0.15) is 0 Å². The topological polar surface area (TPSA) is 42.4 Å². The van der Waals surface area contributed by atoms with Crippen molar-refractivity contribution in [3.8, 4) is 56.0 Å². The predicted octanol–water partition coefficient (Wildman–Crippen LogP) is 16.7. The summed E-state index contributed by atoms with van der Waals surface area (Å²) in [4.78, 5) is 7.16. The molecule has 63 heavy (non-hydrogen) atoms. The monoisotopic (exact) mass is 806 g/mol. The van der Waals surface area contributed by atoms with Gasteiger partial charge in [0, 0.05) is 44.5 Å².